The highest BCUT2D eigenvalue weighted by Crippen LogP contribution is 2.29. The number of pyridine rings is 2. The van der Waals surface area contributed by atoms with Crippen LogP contribution in [0.4, 0.5) is 28.9 Å². The van der Waals surface area contributed by atoms with Crippen LogP contribution in [0.1, 0.15) is 45.7 Å². The quantitative estimate of drug-likeness (QED) is 0.113. The van der Waals surface area contributed by atoms with Gasteiger partial charge in [0.05, 0.1) is 42.4 Å². The van der Waals surface area contributed by atoms with E-state index < -0.39 is 34.9 Å². The molecule has 1 amide bonds. The van der Waals surface area contributed by atoms with Gasteiger partial charge in [0.2, 0.25) is 0 Å². The van der Waals surface area contributed by atoms with Crippen LogP contribution in [0.25, 0.3) is 22.5 Å². The van der Waals surface area contributed by atoms with Gasteiger partial charge >= 0.3 is 17.9 Å². The number of amides is 1. The van der Waals surface area contributed by atoms with E-state index in [9.17, 15) is 31.9 Å². The Morgan fingerprint density at radius 1 is 0.729 bits per heavy atom. The number of aliphatic imine (C=N–C) groups is 1. The van der Waals surface area contributed by atoms with Gasteiger partial charge in [0, 0.05) is 43.1 Å². The highest BCUT2D eigenvalue weighted by Gasteiger charge is 2.32. The summed E-state index contributed by atoms with van der Waals surface area (Å²) < 4.78 is 62.0. The largest absolute Gasteiger partial charge is 0.465 e. The molecule has 252 valence electrons. The van der Waals surface area contributed by atoms with Gasteiger partial charge in [-0.15, -0.1) is 0 Å². The first-order valence-electron chi connectivity index (χ1n) is 14.1. The number of nitrogens with one attached hydrogen (secondary N) is 1. The number of benzene rings is 2. The molecule has 2 heterocycles. The van der Waals surface area contributed by atoms with Crippen molar-refractivity contribution in [2.45, 2.75) is 39.5 Å². The molecule has 48 heavy (non-hydrogen) atoms. The van der Waals surface area contributed by atoms with Crippen molar-refractivity contribution < 1.29 is 41.4 Å². The number of hydrogen-bond donors (Lipinski definition) is 1. The fourth-order valence-corrected chi connectivity index (χ4v) is 3.97. The zero-order valence-electron chi connectivity index (χ0n) is 26.7. The first-order valence-corrected chi connectivity index (χ1v) is 14.4. The van der Waals surface area contributed by atoms with Crippen molar-refractivity contribution in [2.75, 3.05) is 19.5 Å². The summed E-state index contributed by atoms with van der Waals surface area (Å²) in [7, 11) is 2.44. The van der Waals surface area contributed by atoms with Crippen molar-refractivity contribution >= 4 is 46.0 Å². The van der Waals surface area contributed by atoms with Crippen molar-refractivity contribution in [1.82, 2.24) is 9.97 Å². The Kier molecular flexibility index (Phi) is 12.1. The summed E-state index contributed by atoms with van der Waals surface area (Å²) >= 11 is 5.54. The van der Waals surface area contributed by atoms with Gasteiger partial charge in [-0.05, 0) is 73.5 Å². The van der Waals surface area contributed by atoms with Crippen LogP contribution >= 0.6 is 11.6 Å². The molecule has 0 fully saturated rings. The lowest BCUT2D eigenvalue weighted by Crippen LogP contribution is -2.31. The van der Waals surface area contributed by atoms with Crippen LogP contribution in [0.3, 0.4) is 0 Å². The van der Waals surface area contributed by atoms with Crippen LogP contribution in [0.5, 0.6) is 0 Å². The van der Waals surface area contributed by atoms with E-state index in [1.165, 1.54) is 44.6 Å². The lowest BCUT2D eigenvalue weighted by atomic mass is 10.1. The number of esters is 2. The fourth-order valence-electron chi connectivity index (χ4n) is 3.87. The summed E-state index contributed by atoms with van der Waals surface area (Å²) in [4.78, 5) is 47.3. The number of halogens is 5. The van der Waals surface area contributed by atoms with Crippen LogP contribution < -0.4 is 5.32 Å². The van der Waals surface area contributed by atoms with Gasteiger partial charge in [-0.1, -0.05) is 23.7 Å². The summed E-state index contributed by atoms with van der Waals surface area (Å²) in [6.07, 6.45) is 3.30. The topological polar surface area (TPSA) is 120 Å². The van der Waals surface area contributed by atoms with Gasteiger partial charge < -0.3 is 14.8 Å². The third-order valence-electron chi connectivity index (χ3n) is 6.35. The number of alkyl halides is 4. The third-order valence-corrected chi connectivity index (χ3v) is 6.77. The number of aromatic nitrogens is 2. The second-order valence-corrected chi connectivity index (χ2v) is 11.0. The van der Waals surface area contributed by atoms with Crippen molar-refractivity contribution in [2.24, 2.45) is 4.99 Å². The first-order chi connectivity index (χ1) is 22.4. The monoisotopic (exact) mass is 686 g/mol. The SMILES string of the molecule is COC(=O)c1cc(N=C(Cl)C(C)(F)F)cc(-c2ccc(C)cn2)c1.COC(=O)c1cc(NC(=O)C(C)(F)F)cc(-c2ccc(C)cn2)c1. The Morgan fingerprint density at radius 2 is 1.21 bits per heavy atom. The molecule has 4 aromatic rings. The summed E-state index contributed by atoms with van der Waals surface area (Å²) in [5.74, 6) is -9.54. The van der Waals surface area contributed by atoms with Crippen LogP contribution in [-0.2, 0) is 14.3 Å². The number of carbonyl (C=O) groups is 3. The highest BCUT2D eigenvalue weighted by molar-refractivity contribution is 6.67. The minimum Gasteiger partial charge on any atom is -0.465 e. The Balaban J connectivity index is 0.000000260. The second kappa shape index (κ2) is 15.6. The van der Waals surface area contributed by atoms with Crippen molar-refractivity contribution in [3.8, 4) is 22.5 Å². The summed E-state index contributed by atoms with van der Waals surface area (Å²) in [6, 6.07) is 15.8. The van der Waals surface area contributed by atoms with Crippen LogP contribution in [-0.4, -0.2) is 59.0 Å². The predicted molar refractivity (Wildman–Crippen MR) is 174 cm³/mol. The molecule has 4 rings (SSSR count). The normalized spacial score (nSPS) is 11.6. The van der Waals surface area contributed by atoms with Crippen LogP contribution in [0.15, 0.2) is 78.0 Å². The number of aryl methyl sites for hydroxylation is 2. The smallest absolute Gasteiger partial charge is 0.337 e. The maximum absolute atomic E-state index is 13.2. The average Bonchev–Trinajstić information content (AvgIpc) is 3.03. The molecule has 0 aliphatic heterocycles. The van der Waals surface area contributed by atoms with E-state index in [0.29, 0.717) is 36.4 Å². The maximum atomic E-state index is 13.2. The lowest BCUT2D eigenvalue weighted by molar-refractivity contribution is -0.137. The van der Waals surface area contributed by atoms with Crippen LogP contribution in [0.2, 0.25) is 0 Å². The molecule has 0 radical (unpaired) electrons. The molecule has 0 aliphatic rings. The number of methoxy groups -OCH3 is 2. The van der Waals surface area contributed by atoms with Crippen molar-refractivity contribution in [1.29, 1.82) is 0 Å². The van der Waals surface area contributed by atoms with Crippen molar-refractivity contribution in [3.05, 3.63) is 95.3 Å². The van der Waals surface area contributed by atoms with Gasteiger partial charge in [0.1, 0.15) is 0 Å². The summed E-state index contributed by atoms with van der Waals surface area (Å²) in [6.45, 7) is 4.90. The Hall–Kier alpha value is -5.17. The number of hydrogen-bond acceptors (Lipinski definition) is 8. The van der Waals surface area contributed by atoms with E-state index in [2.05, 4.69) is 29.8 Å². The van der Waals surface area contributed by atoms with E-state index in [1.807, 2.05) is 26.0 Å². The number of ether oxygens (including phenoxy) is 2. The fraction of sp³-hybridized carbons (Fsp3) is 0.235. The van der Waals surface area contributed by atoms with Gasteiger partial charge in [-0.3, -0.25) is 14.8 Å². The number of rotatable bonds is 8. The molecule has 0 saturated heterocycles. The minimum absolute atomic E-state index is 0.0572. The molecule has 2 aromatic heterocycles. The number of nitrogens with zero attached hydrogens (tertiary/aromatic N) is 3. The van der Waals surface area contributed by atoms with E-state index in [1.54, 1.807) is 30.6 Å². The molecule has 0 spiro atoms. The molecule has 0 saturated carbocycles. The predicted octanol–water partition coefficient (Wildman–Crippen LogP) is 8.20. The molecule has 1 N–H and O–H groups in total. The molecule has 2 aromatic carbocycles. The number of anilines is 1. The Morgan fingerprint density at radius 3 is 1.62 bits per heavy atom. The molecular weight excluding hydrogens is 656 g/mol. The molecule has 0 aliphatic carbocycles. The van der Waals surface area contributed by atoms with Gasteiger partial charge in [0.15, 0.2) is 5.17 Å². The number of carbonyl (C=O) groups excluding carboxylic acids is 3. The van der Waals surface area contributed by atoms with E-state index in [0.717, 1.165) is 11.1 Å². The standard InChI is InChI=1S/C17H15ClF2N2O2.C17H16F2N2O3/c1-10-4-5-14(21-9-10)11-6-12(15(23)24-3)8-13(7-11)22-16(18)17(2,19)20;1-10-4-5-14(20-9-10)11-6-12(15(22)24-3)8-13(7-11)21-16(23)17(2,18)19/h4-9H,1-3H3;4-9H,1-3H3,(H,21,23). The first kappa shape index (κ1) is 37.3. The summed E-state index contributed by atoms with van der Waals surface area (Å²) in [5, 5.41) is 1.23. The Bertz CT molecular complexity index is 1820. The molecular formula is C34H31ClF4N4O5. The molecule has 14 heteroatoms. The van der Waals surface area contributed by atoms with E-state index >= 15 is 0 Å². The van der Waals surface area contributed by atoms with E-state index in [4.69, 9.17) is 11.6 Å². The third kappa shape index (κ3) is 10.4. The van der Waals surface area contributed by atoms with Gasteiger partial charge in [-0.25, -0.2) is 14.6 Å². The molecule has 0 bridgehead atoms. The minimum atomic E-state index is -3.54. The average molecular weight is 687 g/mol. The Labute approximate surface area is 279 Å². The van der Waals surface area contributed by atoms with Crippen molar-refractivity contribution in [3.63, 3.8) is 0 Å². The molecule has 9 nitrogen and oxygen atoms in total. The van der Waals surface area contributed by atoms with Gasteiger partial charge in [-0.2, -0.15) is 17.6 Å². The van der Waals surface area contributed by atoms with Gasteiger partial charge in [0.25, 0.3) is 11.8 Å². The molecule has 0 atom stereocenters. The maximum Gasteiger partial charge on any atom is 0.337 e. The second-order valence-electron chi connectivity index (χ2n) is 10.6. The zero-order valence-corrected chi connectivity index (χ0v) is 27.5. The lowest BCUT2D eigenvalue weighted by Gasteiger charge is -2.13. The van der Waals surface area contributed by atoms with Crippen LogP contribution in [0, 0.1) is 13.8 Å². The van der Waals surface area contributed by atoms with E-state index in [-0.39, 0.29) is 22.5 Å². The zero-order chi connectivity index (χ0) is 35.8. The highest BCUT2D eigenvalue weighted by atomic mass is 35.5. The summed E-state index contributed by atoms with van der Waals surface area (Å²) in [5.41, 5.74) is 4.51. The molecule has 0 unspecified atom stereocenters.